The van der Waals surface area contributed by atoms with Gasteiger partial charge < -0.3 is 14.9 Å². The number of carboxylic acids is 1. The van der Waals surface area contributed by atoms with Crippen molar-refractivity contribution in [3.8, 4) is 0 Å². The number of hydrogen-bond acceptors (Lipinski definition) is 3. The summed E-state index contributed by atoms with van der Waals surface area (Å²) in [6.45, 7) is 4.58. The summed E-state index contributed by atoms with van der Waals surface area (Å²) in [4.78, 5) is 28.2. The lowest BCUT2D eigenvalue weighted by molar-refractivity contribution is -0.168. The Bertz CT molecular complexity index is 366. The summed E-state index contributed by atoms with van der Waals surface area (Å²) in [7, 11) is 2.06. The first-order valence-corrected chi connectivity index (χ1v) is 7.24. The lowest BCUT2D eigenvalue weighted by Crippen LogP contribution is -2.56. The second kappa shape index (κ2) is 5.49. The predicted octanol–water partition coefficient (Wildman–Crippen LogP) is 1.18. The van der Waals surface area contributed by atoms with Crippen LogP contribution in [0.2, 0.25) is 0 Å². The Morgan fingerprint density at radius 1 is 1.26 bits per heavy atom. The van der Waals surface area contributed by atoms with Crippen molar-refractivity contribution in [2.45, 2.75) is 45.1 Å². The van der Waals surface area contributed by atoms with Gasteiger partial charge in [-0.05, 0) is 39.3 Å². The van der Waals surface area contributed by atoms with Crippen LogP contribution in [-0.2, 0) is 9.59 Å². The topological polar surface area (TPSA) is 60.9 Å². The minimum Gasteiger partial charge on any atom is -0.480 e. The average Bonchev–Trinajstić information content (AvgIpc) is 2.48. The van der Waals surface area contributed by atoms with Gasteiger partial charge in [-0.25, -0.2) is 0 Å². The second-order valence-corrected chi connectivity index (χ2v) is 5.92. The Hall–Kier alpha value is -1.10. The fourth-order valence-corrected chi connectivity index (χ4v) is 3.18. The van der Waals surface area contributed by atoms with Crippen molar-refractivity contribution in [1.82, 2.24) is 9.80 Å². The molecule has 0 aromatic heterocycles. The van der Waals surface area contributed by atoms with Crippen LogP contribution in [0, 0.1) is 5.41 Å². The normalized spacial score (nSPS) is 27.5. The molecule has 108 valence electrons. The molecule has 0 aromatic carbocycles. The third kappa shape index (κ3) is 2.48. The van der Waals surface area contributed by atoms with Gasteiger partial charge in [0.1, 0.15) is 5.41 Å². The fourth-order valence-electron chi connectivity index (χ4n) is 3.18. The van der Waals surface area contributed by atoms with Crippen LogP contribution >= 0.6 is 0 Å². The quantitative estimate of drug-likeness (QED) is 0.781. The minimum atomic E-state index is -1.11. The summed E-state index contributed by atoms with van der Waals surface area (Å²) in [5.41, 5.74) is -1.11. The van der Waals surface area contributed by atoms with E-state index >= 15 is 0 Å². The molecule has 2 aliphatic rings. The predicted molar refractivity (Wildman–Crippen MR) is 71.8 cm³/mol. The Morgan fingerprint density at radius 2 is 1.95 bits per heavy atom. The van der Waals surface area contributed by atoms with Crippen LogP contribution in [0.4, 0.5) is 0 Å². The zero-order chi connectivity index (χ0) is 14.0. The van der Waals surface area contributed by atoms with Gasteiger partial charge in [0, 0.05) is 19.1 Å². The van der Waals surface area contributed by atoms with E-state index in [0.717, 1.165) is 32.4 Å². The number of carboxylic acid groups (broad SMARTS) is 1. The van der Waals surface area contributed by atoms with Crippen molar-refractivity contribution >= 4 is 11.9 Å². The maximum Gasteiger partial charge on any atom is 0.319 e. The lowest BCUT2D eigenvalue weighted by Gasteiger charge is -2.42. The van der Waals surface area contributed by atoms with E-state index in [-0.39, 0.29) is 11.9 Å². The van der Waals surface area contributed by atoms with Crippen LogP contribution in [0.25, 0.3) is 0 Å². The third-order valence-electron chi connectivity index (χ3n) is 4.66. The number of rotatable bonds is 3. The van der Waals surface area contributed by atoms with Crippen LogP contribution in [0.1, 0.15) is 39.0 Å². The highest BCUT2D eigenvalue weighted by atomic mass is 16.4. The number of hydrogen-bond donors (Lipinski definition) is 1. The molecule has 0 aromatic rings. The van der Waals surface area contributed by atoms with E-state index < -0.39 is 11.4 Å². The molecule has 2 fully saturated rings. The highest BCUT2D eigenvalue weighted by Gasteiger charge is 2.53. The van der Waals surface area contributed by atoms with Gasteiger partial charge in [-0.15, -0.1) is 0 Å². The lowest BCUT2D eigenvalue weighted by atomic mass is 9.67. The van der Waals surface area contributed by atoms with Gasteiger partial charge >= 0.3 is 5.97 Å². The van der Waals surface area contributed by atoms with Crippen LogP contribution < -0.4 is 0 Å². The Kier molecular flexibility index (Phi) is 4.13. The van der Waals surface area contributed by atoms with Crippen LogP contribution in [0.3, 0.4) is 0 Å². The second-order valence-electron chi connectivity index (χ2n) is 5.92. The number of aliphatic carboxylic acids is 1. The molecule has 1 saturated carbocycles. The van der Waals surface area contributed by atoms with Gasteiger partial charge in [-0.2, -0.15) is 0 Å². The largest absolute Gasteiger partial charge is 0.480 e. The molecule has 1 saturated heterocycles. The van der Waals surface area contributed by atoms with Crippen molar-refractivity contribution in [2.75, 3.05) is 26.7 Å². The smallest absolute Gasteiger partial charge is 0.319 e. The number of carbonyl (C=O) groups is 2. The van der Waals surface area contributed by atoms with Gasteiger partial charge in [-0.3, -0.25) is 9.59 Å². The van der Waals surface area contributed by atoms with Crippen LogP contribution in [-0.4, -0.2) is 59.5 Å². The zero-order valence-electron chi connectivity index (χ0n) is 11.9. The molecule has 1 amide bonds. The fraction of sp³-hybridized carbons (Fsp3) is 0.857. The molecular formula is C14H24N2O3. The first-order chi connectivity index (χ1) is 9.01. The maximum atomic E-state index is 12.7. The molecule has 1 N–H and O–H groups in total. The molecule has 1 aliphatic heterocycles. The highest BCUT2D eigenvalue weighted by Crippen LogP contribution is 2.43. The number of nitrogens with zero attached hydrogens (tertiary/aromatic N) is 2. The minimum absolute atomic E-state index is 0.145. The van der Waals surface area contributed by atoms with Crippen LogP contribution in [0.15, 0.2) is 0 Å². The first kappa shape index (κ1) is 14.3. The maximum absolute atomic E-state index is 12.7. The van der Waals surface area contributed by atoms with Crippen LogP contribution in [0.5, 0.6) is 0 Å². The van der Waals surface area contributed by atoms with Crippen molar-refractivity contribution in [1.29, 1.82) is 0 Å². The van der Waals surface area contributed by atoms with E-state index in [0.29, 0.717) is 19.4 Å². The molecule has 19 heavy (non-hydrogen) atoms. The summed E-state index contributed by atoms with van der Waals surface area (Å²) in [6, 6.07) is 0.150. The summed E-state index contributed by atoms with van der Waals surface area (Å²) >= 11 is 0. The van der Waals surface area contributed by atoms with Crippen molar-refractivity contribution in [3.05, 3.63) is 0 Å². The summed E-state index contributed by atoms with van der Waals surface area (Å²) in [6.07, 6.45) is 3.66. The van der Waals surface area contributed by atoms with Crippen molar-refractivity contribution in [3.63, 3.8) is 0 Å². The Morgan fingerprint density at radius 3 is 2.42 bits per heavy atom. The van der Waals surface area contributed by atoms with E-state index in [9.17, 15) is 14.7 Å². The van der Waals surface area contributed by atoms with E-state index in [2.05, 4.69) is 18.9 Å². The molecular weight excluding hydrogens is 244 g/mol. The summed E-state index contributed by atoms with van der Waals surface area (Å²) < 4.78 is 0. The number of likely N-dealkylation sites (N-methyl/N-ethyl adjacent to an activating group) is 1. The van der Waals surface area contributed by atoms with E-state index in [1.807, 2.05) is 4.90 Å². The molecule has 0 bridgehead atoms. The zero-order valence-corrected chi connectivity index (χ0v) is 11.9. The van der Waals surface area contributed by atoms with Crippen molar-refractivity contribution in [2.24, 2.45) is 5.41 Å². The Labute approximate surface area is 114 Å². The number of amides is 1. The average molecular weight is 268 g/mol. The summed E-state index contributed by atoms with van der Waals surface area (Å²) in [5.74, 6) is -1.08. The number of carbonyl (C=O) groups excluding carboxylic acids is 1. The van der Waals surface area contributed by atoms with E-state index in [1.54, 1.807) is 0 Å². The molecule has 1 aliphatic carbocycles. The third-order valence-corrected chi connectivity index (χ3v) is 4.66. The summed E-state index contributed by atoms with van der Waals surface area (Å²) in [5, 5.41) is 9.41. The SMILES string of the molecule is CCC1CN(C)CCCN1C(=O)C1(C(=O)O)CCC1. The molecule has 0 radical (unpaired) electrons. The molecule has 1 unspecified atom stereocenters. The molecule has 2 rings (SSSR count). The van der Waals surface area contributed by atoms with E-state index in [1.165, 1.54) is 0 Å². The molecule has 0 spiro atoms. The molecule has 5 heteroatoms. The van der Waals surface area contributed by atoms with Gasteiger partial charge in [0.2, 0.25) is 5.91 Å². The first-order valence-electron chi connectivity index (χ1n) is 7.24. The monoisotopic (exact) mass is 268 g/mol. The molecule has 1 atom stereocenters. The van der Waals surface area contributed by atoms with Gasteiger partial charge in [0.05, 0.1) is 0 Å². The highest BCUT2D eigenvalue weighted by molar-refractivity contribution is 6.03. The van der Waals surface area contributed by atoms with Crippen molar-refractivity contribution < 1.29 is 14.7 Å². The Balaban J connectivity index is 2.18. The van der Waals surface area contributed by atoms with Gasteiger partial charge in [0.25, 0.3) is 0 Å². The van der Waals surface area contributed by atoms with Gasteiger partial charge in [-0.1, -0.05) is 13.3 Å². The standard InChI is InChI=1S/C14H24N2O3/c1-3-11-10-15(2)8-5-9-16(11)12(17)14(13(18)19)6-4-7-14/h11H,3-10H2,1-2H3,(H,18,19). The molecule has 5 nitrogen and oxygen atoms in total. The van der Waals surface area contributed by atoms with E-state index in [4.69, 9.17) is 0 Å². The van der Waals surface area contributed by atoms with Gasteiger partial charge in [0.15, 0.2) is 0 Å². The molecule has 1 heterocycles.